The largest absolute Gasteiger partial charge is 0.339 e. The number of hydrogen-bond acceptors (Lipinski definition) is 3. The lowest BCUT2D eigenvalue weighted by Gasteiger charge is -2.31. The van der Waals surface area contributed by atoms with Gasteiger partial charge in [0.15, 0.2) is 0 Å². The van der Waals surface area contributed by atoms with Crippen molar-refractivity contribution in [2.24, 2.45) is 11.7 Å². The van der Waals surface area contributed by atoms with E-state index in [1.54, 1.807) is 10.9 Å². The molecular weight excluding hydrogens is 347 g/mol. The number of hydrogen-bond donors (Lipinski definition) is 1. The molecule has 2 heterocycles. The number of nitrogens with two attached hydrogens (primary N) is 1. The highest BCUT2D eigenvalue weighted by Crippen LogP contribution is 2.21. The first kappa shape index (κ1) is 18.8. The lowest BCUT2D eigenvalue weighted by Crippen LogP contribution is -2.40. The van der Waals surface area contributed by atoms with Crippen LogP contribution in [0.5, 0.6) is 0 Å². The number of carbonyl (C=O) groups is 1. The maximum Gasteiger partial charge on any atom is 0.257 e. The van der Waals surface area contributed by atoms with E-state index in [0.717, 1.165) is 37.3 Å². The second kappa shape index (κ2) is 8.01. The molecule has 2 aromatic rings. The highest BCUT2D eigenvalue weighted by atomic mass is 35.5. The summed E-state index contributed by atoms with van der Waals surface area (Å²) in [6, 6.07) is 7.45. The Kier molecular flexibility index (Phi) is 6.27. The Bertz CT molecular complexity index is 708. The molecule has 5 nitrogen and oxygen atoms in total. The molecule has 2 N–H and O–H groups in total. The van der Waals surface area contributed by atoms with Crippen molar-refractivity contribution in [2.45, 2.75) is 19.8 Å². The second-order valence-corrected chi connectivity index (χ2v) is 6.44. The SMILES string of the molecule is Cc1c(C(=O)N2CCC(CN)CC2)cnn1-c1cccc(Cl)c1.Cl. The molecule has 1 aliphatic rings. The van der Waals surface area contributed by atoms with Crippen LogP contribution in [-0.2, 0) is 0 Å². The summed E-state index contributed by atoms with van der Waals surface area (Å²) in [5.74, 6) is 0.584. The molecule has 7 heteroatoms. The third kappa shape index (κ3) is 3.74. The number of benzene rings is 1. The van der Waals surface area contributed by atoms with Gasteiger partial charge in [0.2, 0.25) is 0 Å². The molecule has 3 rings (SSSR count). The first-order valence-electron chi connectivity index (χ1n) is 7.90. The van der Waals surface area contributed by atoms with Gasteiger partial charge in [-0.25, -0.2) is 4.68 Å². The van der Waals surface area contributed by atoms with E-state index in [1.807, 2.05) is 36.1 Å². The van der Waals surface area contributed by atoms with Gasteiger partial charge in [-0.3, -0.25) is 4.79 Å². The van der Waals surface area contributed by atoms with Crippen molar-refractivity contribution in [1.82, 2.24) is 14.7 Å². The summed E-state index contributed by atoms with van der Waals surface area (Å²) in [5, 5.41) is 5.01. The van der Waals surface area contributed by atoms with Gasteiger partial charge in [-0.2, -0.15) is 5.10 Å². The first-order valence-corrected chi connectivity index (χ1v) is 8.28. The third-order valence-corrected chi connectivity index (χ3v) is 4.76. The molecule has 0 bridgehead atoms. The summed E-state index contributed by atoms with van der Waals surface area (Å²) in [5.41, 5.74) is 8.05. The van der Waals surface area contributed by atoms with Crippen molar-refractivity contribution in [3.63, 3.8) is 0 Å². The molecule has 1 fully saturated rings. The summed E-state index contributed by atoms with van der Waals surface area (Å²) in [4.78, 5) is 14.6. The molecular formula is C17H22Cl2N4O. The van der Waals surface area contributed by atoms with Gasteiger partial charge in [-0.05, 0) is 50.4 Å². The standard InChI is InChI=1S/C17H21ClN4O.ClH/c1-12-16(17(23)21-7-5-13(10-19)6-8-21)11-20-22(12)15-4-2-3-14(18)9-15;/h2-4,9,11,13H,5-8,10,19H2,1H3;1H. The van der Waals surface area contributed by atoms with E-state index in [4.69, 9.17) is 17.3 Å². The zero-order valence-corrected chi connectivity index (χ0v) is 15.2. The highest BCUT2D eigenvalue weighted by molar-refractivity contribution is 6.30. The van der Waals surface area contributed by atoms with Crippen LogP contribution in [0.4, 0.5) is 0 Å². The van der Waals surface area contributed by atoms with Crippen LogP contribution in [0.3, 0.4) is 0 Å². The normalized spacial score (nSPS) is 15.2. The predicted octanol–water partition coefficient (Wildman–Crippen LogP) is 3.07. The fourth-order valence-electron chi connectivity index (χ4n) is 3.03. The Labute approximate surface area is 153 Å². The van der Waals surface area contributed by atoms with Gasteiger partial charge >= 0.3 is 0 Å². The van der Waals surface area contributed by atoms with Crippen LogP contribution in [0.1, 0.15) is 28.9 Å². The van der Waals surface area contributed by atoms with Gasteiger partial charge in [0.05, 0.1) is 23.1 Å². The van der Waals surface area contributed by atoms with E-state index in [9.17, 15) is 4.79 Å². The Morgan fingerprint density at radius 3 is 2.71 bits per heavy atom. The van der Waals surface area contributed by atoms with E-state index >= 15 is 0 Å². The zero-order valence-electron chi connectivity index (χ0n) is 13.6. The van der Waals surface area contributed by atoms with Crippen molar-refractivity contribution in [3.8, 4) is 5.69 Å². The maximum absolute atomic E-state index is 12.7. The van der Waals surface area contributed by atoms with Crippen molar-refractivity contribution < 1.29 is 4.79 Å². The smallest absolute Gasteiger partial charge is 0.257 e. The van der Waals surface area contributed by atoms with Gasteiger partial charge in [-0.15, -0.1) is 12.4 Å². The second-order valence-electron chi connectivity index (χ2n) is 6.01. The third-order valence-electron chi connectivity index (χ3n) is 4.53. The van der Waals surface area contributed by atoms with Gasteiger partial charge < -0.3 is 10.6 Å². The zero-order chi connectivity index (χ0) is 16.4. The van der Waals surface area contributed by atoms with Gasteiger partial charge in [0.25, 0.3) is 5.91 Å². The minimum atomic E-state index is 0. The molecule has 0 saturated carbocycles. The fraction of sp³-hybridized carbons (Fsp3) is 0.412. The summed E-state index contributed by atoms with van der Waals surface area (Å²) in [6.45, 7) is 4.15. The molecule has 1 aromatic heterocycles. The number of piperidine rings is 1. The molecule has 0 spiro atoms. The number of nitrogens with zero attached hydrogens (tertiary/aromatic N) is 3. The lowest BCUT2D eigenvalue weighted by molar-refractivity contribution is 0.0692. The van der Waals surface area contributed by atoms with Crippen LogP contribution in [-0.4, -0.2) is 40.2 Å². The Hall–Kier alpha value is -1.56. The average molecular weight is 369 g/mol. The predicted molar refractivity (Wildman–Crippen MR) is 98.2 cm³/mol. The molecule has 0 atom stereocenters. The van der Waals surface area contributed by atoms with Crippen molar-refractivity contribution in [3.05, 3.63) is 46.7 Å². The molecule has 1 aromatic carbocycles. The quantitative estimate of drug-likeness (QED) is 0.905. The Morgan fingerprint density at radius 1 is 1.38 bits per heavy atom. The first-order chi connectivity index (χ1) is 11.1. The van der Waals surface area contributed by atoms with Crippen LogP contribution in [0.25, 0.3) is 5.69 Å². The van der Waals surface area contributed by atoms with Gasteiger partial charge in [-0.1, -0.05) is 17.7 Å². The number of likely N-dealkylation sites (tertiary alicyclic amines) is 1. The molecule has 0 radical (unpaired) electrons. The molecule has 1 amide bonds. The monoisotopic (exact) mass is 368 g/mol. The number of aromatic nitrogens is 2. The van der Waals surface area contributed by atoms with Gasteiger partial charge in [0, 0.05) is 18.1 Å². The van der Waals surface area contributed by atoms with E-state index < -0.39 is 0 Å². The lowest BCUT2D eigenvalue weighted by atomic mass is 9.96. The van der Waals surface area contributed by atoms with Crippen LogP contribution < -0.4 is 5.73 Å². The van der Waals surface area contributed by atoms with E-state index in [1.165, 1.54) is 0 Å². The number of carbonyl (C=O) groups excluding carboxylic acids is 1. The van der Waals surface area contributed by atoms with Gasteiger partial charge in [0.1, 0.15) is 0 Å². The van der Waals surface area contributed by atoms with E-state index in [0.29, 0.717) is 23.0 Å². The maximum atomic E-state index is 12.7. The van der Waals surface area contributed by atoms with E-state index in [2.05, 4.69) is 5.10 Å². The molecule has 24 heavy (non-hydrogen) atoms. The minimum Gasteiger partial charge on any atom is -0.339 e. The topological polar surface area (TPSA) is 64.2 Å². The molecule has 1 aliphatic heterocycles. The van der Waals surface area contributed by atoms with Crippen LogP contribution in [0.2, 0.25) is 5.02 Å². The molecule has 0 aliphatic carbocycles. The summed E-state index contributed by atoms with van der Waals surface area (Å²) < 4.78 is 1.76. The number of rotatable bonds is 3. The molecule has 1 saturated heterocycles. The summed E-state index contributed by atoms with van der Waals surface area (Å²) in [6.07, 6.45) is 3.60. The fourth-order valence-corrected chi connectivity index (χ4v) is 3.21. The molecule has 130 valence electrons. The Morgan fingerprint density at radius 2 is 2.08 bits per heavy atom. The average Bonchev–Trinajstić information content (AvgIpc) is 2.96. The van der Waals surface area contributed by atoms with Crippen molar-refractivity contribution in [1.29, 1.82) is 0 Å². The van der Waals surface area contributed by atoms with Crippen molar-refractivity contribution in [2.75, 3.05) is 19.6 Å². The molecule has 0 unspecified atom stereocenters. The minimum absolute atomic E-state index is 0. The van der Waals surface area contributed by atoms with Crippen LogP contribution in [0.15, 0.2) is 30.5 Å². The Balaban J connectivity index is 0.00000208. The van der Waals surface area contributed by atoms with Crippen LogP contribution in [0, 0.1) is 12.8 Å². The van der Waals surface area contributed by atoms with Crippen LogP contribution >= 0.6 is 24.0 Å². The summed E-state index contributed by atoms with van der Waals surface area (Å²) in [7, 11) is 0. The summed E-state index contributed by atoms with van der Waals surface area (Å²) >= 11 is 6.04. The number of halogens is 2. The highest BCUT2D eigenvalue weighted by Gasteiger charge is 2.25. The van der Waals surface area contributed by atoms with Crippen molar-refractivity contribution >= 4 is 29.9 Å². The number of amides is 1. The van der Waals surface area contributed by atoms with E-state index in [-0.39, 0.29) is 18.3 Å².